The Hall–Kier alpha value is -3.80. The minimum Gasteiger partial charge on any atom is -0.492 e. The second kappa shape index (κ2) is 9.77. The Bertz CT molecular complexity index is 1130. The van der Waals surface area contributed by atoms with E-state index in [0.29, 0.717) is 41.7 Å². The summed E-state index contributed by atoms with van der Waals surface area (Å²) < 4.78 is 11.6. The lowest BCUT2D eigenvalue weighted by Crippen LogP contribution is -2.28. The predicted molar refractivity (Wildman–Crippen MR) is 129 cm³/mol. The van der Waals surface area contributed by atoms with Gasteiger partial charge in [-0.25, -0.2) is 0 Å². The van der Waals surface area contributed by atoms with Gasteiger partial charge in [0, 0.05) is 17.7 Å². The van der Waals surface area contributed by atoms with E-state index in [9.17, 15) is 9.59 Å². The molecule has 1 fully saturated rings. The smallest absolute Gasteiger partial charge is 0.255 e. The number of nitrogens with one attached hydrogen (secondary N) is 2. The average Bonchev–Trinajstić information content (AvgIpc) is 3.65. The van der Waals surface area contributed by atoms with Crippen LogP contribution in [0.1, 0.15) is 42.6 Å². The molecule has 0 spiro atoms. The highest BCUT2D eigenvalue weighted by atomic mass is 16.5. The number of carbonyl (C=O) groups excluding carboxylic acids is 2. The molecule has 0 aromatic heterocycles. The first-order chi connectivity index (χ1) is 16.1. The van der Waals surface area contributed by atoms with E-state index in [4.69, 9.17) is 9.47 Å². The summed E-state index contributed by atoms with van der Waals surface area (Å²) in [6.07, 6.45) is 1.60. The Kier molecular flexibility index (Phi) is 6.63. The lowest BCUT2D eigenvalue weighted by atomic mass is 9.95. The molecule has 0 radical (unpaired) electrons. The fraction of sp³-hybridized carbons (Fsp3) is 0.259. The third kappa shape index (κ3) is 4.85. The molecule has 3 aromatic carbocycles. The maximum atomic E-state index is 13.3. The lowest BCUT2D eigenvalue weighted by Gasteiger charge is -2.20. The molecule has 0 atom stereocenters. The quantitative estimate of drug-likeness (QED) is 0.463. The number of anilines is 2. The topological polar surface area (TPSA) is 76.7 Å². The zero-order chi connectivity index (χ0) is 23.3. The molecular weight excluding hydrogens is 416 g/mol. The van der Waals surface area contributed by atoms with Crippen molar-refractivity contribution in [2.24, 2.45) is 0 Å². The average molecular weight is 445 g/mol. The number of amides is 2. The molecule has 170 valence electrons. The van der Waals surface area contributed by atoms with Crippen molar-refractivity contribution in [1.82, 2.24) is 0 Å². The first kappa shape index (κ1) is 22.4. The van der Waals surface area contributed by atoms with E-state index in [0.717, 1.165) is 18.4 Å². The van der Waals surface area contributed by atoms with Gasteiger partial charge < -0.3 is 20.1 Å². The van der Waals surface area contributed by atoms with Gasteiger partial charge in [-0.2, -0.15) is 0 Å². The summed E-state index contributed by atoms with van der Waals surface area (Å²) in [5.74, 6) is 0.613. The number of ether oxygens (including phenoxy) is 2. The molecule has 2 amide bonds. The number of benzene rings is 3. The summed E-state index contributed by atoms with van der Waals surface area (Å²) in [6, 6.07) is 22.2. The van der Waals surface area contributed by atoms with E-state index >= 15 is 0 Å². The summed E-state index contributed by atoms with van der Waals surface area (Å²) in [4.78, 5) is 26.0. The molecule has 0 heterocycles. The van der Waals surface area contributed by atoms with Crippen LogP contribution in [0.5, 0.6) is 11.5 Å². The maximum Gasteiger partial charge on any atom is 0.255 e. The van der Waals surface area contributed by atoms with Crippen molar-refractivity contribution in [3.8, 4) is 11.5 Å². The van der Waals surface area contributed by atoms with Gasteiger partial charge in [0.15, 0.2) is 0 Å². The van der Waals surface area contributed by atoms with E-state index in [-0.39, 0.29) is 11.8 Å². The normalized spacial score (nSPS) is 13.6. The molecule has 0 saturated heterocycles. The monoisotopic (exact) mass is 444 g/mol. The van der Waals surface area contributed by atoms with Gasteiger partial charge in [0.2, 0.25) is 5.91 Å². The third-order valence-corrected chi connectivity index (χ3v) is 5.72. The van der Waals surface area contributed by atoms with Crippen LogP contribution < -0.4 is 20.1 Å². The molecule has 1 aliphatic carbocycles. The van der Waals surface area contributed by atoms with Crippen molar-refractivity contribution >= 4 is 23.2 Å². The van der Waals surface area contributed by atoms with Gasteiger partial charge in [-0.1, -0.05) is 48.5 Å². The second-order valence-corrected chi connectivity index (χ2v) is 7.93. The standard InChI is InChI=1S/C27H28N2O4/c1-3-32-23-18-22(29-26(31)27(15-16-27)20-13-9-6-10-14-20)24(33-4-2)17-21(23)28-25(30)19-11-7-5-8-12-19/h5-14,17-18H,3-4,15-16H2,1-2H3,(H,28,30)(H,29,31). The molecule has 6 nitrogen and oxygen atoms in total. The van der Waals surface area contributed by atoms with E-state index < -0.39 is 5.41 Å². The Labute approximate surface area is 193 Å². The zero-order valence-corrected chi connectivity index (χ0v) is 18.9. The van der Waals surface area contributed by atoms with Crippen LogP contribution in [-0.4, -0.2) is 25.0 Å². The molecular formula is C27H28N2O4. The van der Waals surface area contributed by atoms with Crippen molar-refractivity contribution in [2.75, 3.05) is 23.8 Å². The highest BCUT2D eigenvalue weighted by molar-refractivity contribution is 6.06. The molecule has 33 heavy (non-hydrogen) atoms. The van der Waals surface area contributed by atoms with Crippen molar-refractivity contribution in [1.29, 1.82) is 0 Å². The van der Waals surface area contributed by atoms with Crippen LogP contribution in [0.2, 0.25) is 0 Å². The summed E-state index contributed by atoms with van der Waals surface area (Å²) >= 11 is 0. The van der Waals surface area contributed by atoms with Crippen LogP contribution in [0.3, 0.4) is 0 Å². The number of carbonyl (C=O) groups is 2. The van der Waals surface area contributed by atoms with E-state index in [1.54, 1.807) is 24.3 Å². The Balaban J connectivity index is 1.63. The molecule has 2 N–H and O–H groups in total. The zero-order valence-electron chi connectivity index (χ0n) is 18.9. The van der Waals surface area contributed by atoms with Crippen molar-refractivity contribution in [3.63, 3.8) is 0 Å². The fourth-order valence-electron chi connectivity index (χ4n) is 3.86. The Morgan fingerprint density at radius 3 is 1.82 bits per heavy atom. The van der Waals surface area contributed by atoms with E-state index in [2.05, 4.69) is 10.6 Å². The van der Waals surface area contributed by atoms with Crippen LogP contribution in [-0.2, 0) is 10.2 Å². The van der Waals surface area contributed by atoms with Gasteiger partial charge in [0.25, 0.3) is 5.91 Å². The highest BCUT2D eigenvalue weighted by Gasteiger charge is 2.51. The fourth-order valence-corrected chi connectivity index (χ4v) is 3.86. The predicted octanol–water partition coefficient (Wildman–Crippen LogP) is 5.41. The molecule has 1 saturated carbocycles. The van der Waals surface area contributed by atoms with Gasteiger partial charge in [-0.15, -0.1) is 0 Å². The van der Waals surface area contributed by atoms with Crippen molar-refractivity contribution in [2.45, 2.75) is 32.1 Å². The van der Waals surface area contributed by atoms with Crippen LogP contribution in [0, 0.1) is 0 Å². The summed E-state index contributed by atoms with van der Waals surface area (Å²) in [5, 5.41) is 5.95. The molecule has 0 bridgehead atoms. The van der Waals surface area contributed by atoms with Gasteiger partial charge in [0.1, 0.15) is 11.5 Å². The van der Waals surface area contributed by atoms with Crippen molar-refractivity contribution in [3.05, 3.63) is 83.9 Å². The number of rotatable bonds is 9. The summed E-state index contributed by atoms with van der Waals surface area (Å²) in [7, 11) is 0. The number of hydrogen-bond donors (Lipinski definition) is 2. The van der Waals surface area contributed by atoms with Crippen LogP contribution in [0.4, 0.5) is 11.4 Å². The second-order valence-electron chi connectivity index (χ2n) is 7.93. The lowest BCUT2D eigenvalue weighted by molar-refractivity contribution is -0.118. The van der Waals surface area contributed by atoms with Crippen LogP contribution in [0.25, 0.3) is 0 Å². The Morgan fingerprint density at radius 2 is 1.30 bits per heavy atom. The molecule has 0 aliphatic heterocycles. The third-order valence-electron chi connectivity index (χ3n) is 5.72. The van der Waals surface area contributed by atoms with Crippen LogP contribution >= 0.6 is 0 Å². The largest absolute Gasteiger partial charge is 0.492 e. The van der Waals surface area contributed by atoms with Crippen molar-refractivity contribution < 1.29 is 19.1 Å². The van der Waals surface area contributed by atoms with Gasteiger partial charge >= 0.3 is 0 Å². The minimum absolute atomic E-state index is 0.0711. The number of hydrogen-bond acceptors (Lipinski definition) is 4. The minimum atomic E-state index is -0.517. The van der Waals surface area contributed by atoms with Gasteiger partial charge in [0.05, 0.1) is 30.0 Å². The van der Waals surface area contributed by atoms with Gasteiger partial charge in [-0.3, -0.25) is 9.59 Å². The Morgan fingerprint density at radius 1 is 0.788 bits per heavy atom. The van der Waals surface area contributed by atoms with E-state index in [1.807, 2.05) is 62.4 Å². The molecule has 1 aliphatic rings. The highest BCUT2D eigenvalue weighted by Crippen LogP contribution is 2.49. The molecule has 3 aromatic rings. The van der Waals surface area contributed by atoms with Crippen LogP contribution in [0.15, 0.2) is 72.8 Å². The summed E-state index contributed by atoms with van der Waals surface area (Å²) in [6.45, 7) is 4.55. The van der Waals surface area contributed by atoms with E-state index in [1.165, 1.54) is 0 Å². The summed E-state index contributed by atoms with van der Waals surface area (Å²) in [5.41, 5.74) is 2.03. The first-order valence-corrected chi connectivity index (χ1v) is 11.2. The molecule has 4 rings (SSSR count). The SMILES string of the molecule is CCOc1cc(NC(=O)C2(c3ccccc3)CC2)c(OCC)cc1NC(=O)c1ccccc1. The molecule has 0 unspecified atom stereocenters. The first-order valence-electron chi connectivity index (χ1n) is 11.2. The maximum absolute atomic E-state index is 13.3. The van der Waals surface area contributed by atoms with Gasteiger partial charge in [-0.05, 0) is 44.4 Å². The molecule has 6 heteroatoms.